The maximum Gasteiger partial charge on any atom is 0.328 e. The van der Waals surface area contributed by atoms with E-state index in [-0.39, 0.29) is 12.5 Å². The number of carbonyl (C=O) groups excluding carboxylic acids is 2. The normalized spacial score (nSPS) is 11.5. The first-order valence-corrected chi connectivity index (χ1v) is 10.2. The van der Waals surface area contributed by atoms with Gasteiger partial charge in [0.05, 0.1) is 17.8 Å². The Balaban J connectivity index is 1.68. The van der Waals surface area contributed by atoms with Crippen LogP contribution in [0.4, 0.5) is 0 Å². The quantitative estimate of drug-likeness (QED) is 0.545. The van der Waals surface area contributed by atoms with Crippen molar-refractivity contribution in [3.63, 3.8) is 0 Å². The monoisotopic (exact) mass is 410 g/mol. The van der Waals surface area contributed by atoms with Crippen LogP contribution < -0.4 is 10.1 Å². The fourth-order valence-electron chi connectivity index (χ4n) is 2.72. The summed E-state index contributed by atoms with van der Waals surface area (Å²) in [6.07, 6.45) is 0.353. The van der Waals surface area contributed by atoms with Gasteiger partial charge in [-0.1, -0.05) is 36.4 Å². The van der Waals surface area contributed by atoms with Gasteiger partial charge in [-0.25, -0.2) is 9.78 Å². The molecule has 7 heteroatoms. The molecule has 0 saturated heterocycles. The van der Waals surface area contributed by atoms with Crippen molar-refractivity contribution in [3.05, 3.63) is 82.3 Å². The summed E-state index contributed by atoms with van der Waals surface area (Å²) in [5.74, 6) is -0.264. The van der Waals surface area contributed by atoms with E-state index >= 15 is 0 Å². The molecule has 0 aliphatic heterocycles. The van der Waals surface area contributed by atoms with Crippen LogP contribution in [0.5, 0.6) is 5.75 Å². The number of carbonyl (C=O) groups is 2. The first-order chi connectivity index (χ1) is 14.2. The molecule has 1 heterocycles. The van der Waals surface area contributed by atoms with Crippen LogP contribution in [0.15, 0.2) is 65.5 Å². The third-order valence-electron chi connectivity index (χ3n) is 4.13. The molecule has 1 amide bonds. The molecule has 0 fully saturated rings. The van der Waals surface area contributed by atoms with Crippen molar-refractivity contribution < 1.29 is 19.1 Å². The van der Waals surface area contributed by atoms with E-state index in [0.29, 0.717) is 24.3 Å². The van der Waals surface area contributed by atoms with Crippen LogP contribution in [0.1, 0.15) is 28.5 Å². The SMILES string of the molecule is CCOC(=O)C(Cc1ccccc1)NC(=O)c1cccc(OCc2cscn2)c1. The number of ether oxygens (including phenoxy) is 2. The molecule has 150 valence electrons. The largest absolute Gasteiger partial charge is 0.487 e. The van der Waals surface area contributed by atoms with Crippen molar-refractivity contribution in [1.29, 1.82) is 0 Å². The van der Waals surface area contributed by atoms with Crippen LogP contribution in [-0.4, -0.2) is 29.5 Å². The van der Waals surface area contributed by atoms with E-state index in [2.05, 4.69) is 10.3 Å². The first-order valence-electron chi connectivity index (χ1n) is 9.27. The molecule has 1 aromatic heterocycles. The van der Waals surface area contributed by atoms with Gasteiger partial charge >= 0.3 is 5.97 Å². The van der Waals surface area contributed by atoms with Crippen molar-refractivity contribution in [2.24, 2.45) is 0 Å². The minimum Gasteiger partial charge on any atom is -0.487 e. The van der Waals surface area contributed by atoms with E-state index in [0.717, 1.165) is 11.3 Å². The van der Waals surface area contributed by atoms with E-state index in [1.807, 2.05) is 35.7 Å². The highest BCUT2D eigenvalue weighted by Crippen LogP contribution is 2.16. The Morgan fingerprint density at radius 2 is 1.97 bits per heavy atom. The molecule has 29 heavy (non-hydrogen) atoms. The van der Waals surface area contributed by atoms with Gasteiger partial charge in [-0.3, -0.25) is 4.79 Å². The second-order valence-corrected chi connectivity index (χ2v) is 6.98. The summed E-state index contributed by atoms with van der Waals surface area (Å²) >= 11 is 1.50. The molecular formula is C22H22N2O4S. The topological polar surface area (TPSA) is 77.5 Å². The summed E-state index contributed by atoms with van der Waals surface area (Å²) in [5.41, 5.74) is 3.91. The molecule has 0 radical (unpaired) electrons. The lowest BCUT2D eigenvalue weighted by atomic mass is 10.1. The van der Waals surface area contributed by atoms with Crippen LogP contribution in [0.3, 0.4) is 0 Å². The van der Waals surface area contributed by atoms with Gasteiger partial charge in [-0.05, 0) is 30.7 Å². The van der Waals surface area contributed by atoms with Gasteiger partial charge in [0.25, 0.3) is 5.91 Å². The Morgan fingerprint density at radius 1 is 1.14 bits per heavy atom. The van der Waals surface area contributed by atoms with Crippen molar-refractivity contribution in [2.45, 2.75) is 26.0 Å². The predicted octanol–water partition coefficient (Wildman–Crippen LogP) is 3.63. The van der Waals surface area contributed by atoms with Gasteiger partial charge < -0.3 is 14.8 Å². The first kappa shape index (κ1) is 20.5. The Kier molecular flexibility index (Phi) is 7.35. The second kappa shape index (κ2) is 10.4. The summed E-state index contributed by atoms with van der Waals surface area (Å²) in [6, 6.07) is 15.6. The number of aromatic nitrogens is 1. The highest BCUT2D eigenvalue weighted by molar-refractivity contribution is 7.07. The number of amides is 1. The van der Waals surface area contributed by atoms with Crippen molar-refractivity contribution in [2.75, 3.05) is 6.61 Å². The minimum atomic E-state index is -0.774. The molecule has 0 bridgehead atoms. The molecule has 0 spiro atoms. The Hall–Kier alpha value is -3.19. The maximum absolute atomic E-state index is 12.8. The number of nitrogens with zero attached hydrogens (tertiary/aromatic N) is 1. The number of esters is 1. The highest BCUT2D eigenvalue weighted by atomic mass is 32.1. The molecule has 1 unspecified atom stereocenters. The van der Waals surface area contributed by atoms with Crippen LogP contribution in [0.25, 0.3) is 0 Å². The number of hydrogen-bond donors (Lipinski definition) is 1. The standard InChI is InChI=1S/C22H22N2O4S/c1-2-27-22(26)20(11-16-7-4-3-5-8-16)24-21(25)17-9-6-10-19(12-17)28-13-18-14-29-15-23-18/h3-10,12,14-15,20H,2,11,13H2,1H3,(H,24,25). The third-order valence-corrected chi connectivity index (χ3v) is 4.76. The lowest BCUT2D eigenvalue weighted by Crippen LogP contribution is -2.43. The van der Waals surface area contributed by atoms with E-state index in [1.54, 1.807) is 36.7 Å². The van der Waals surface area contributed by atoms with E-state index in [9.17, 15) is 9.59 Å². The summed E-state index contributed by atoms with van der Waals surface area (Å²) in [5, 5.41) is 4.69. The molecular weight excluding hydrogens is 388 g/mol. The highest BCUT2D eigenvalue weighted by Gasteiger charge is 2.23. The second-order valence-electron chi connectivity index (χ2n) is 6.26. The summed E-state index contributed by atoms with van der Waals surface area (Å²) in [4.78, 5) is 29.3. The number of nitrogens with one attached hydrogen (secondary N) is 1. The average Bonchev–Trinajstić information content (AvgIpc) is 3.26. The zero-order valence-corrected chi connectivity index (χ0v) is 16.9. The number of hydrogen-bond acceptors (Lipinski definition) is 6. The Morgan fingerprint density at radius 3 is 2.69 bits per heavy atom. The zero-order valence-electron chi connectivity index (χ0n) is 16.0. The van der Waals surface area contributed by atoms with Gasteiger partial charge in [0, 0.05) is 17.4 Å². The van der Waals surface area contributed by atoms with Crippen LogP contribution in [0, 0.1) is 0 Å². The average molecular weight is 410 g/mol. The number of rotatable bonds is 9. The van der Waals surface area contributed by atoms with Gasteiger partial charge in [0.2, 0.25) is 0 Å². The maximum atomic E-state index is 12.8. The van der Waals surface area contributed by atoms with Gasteiger partial charge in [-0.2, -0.15) is 0 Å². The molecule has 0 saturated carbocycles. The number of benzene rings is 2. The van der Waals surface area contributed by atoms with Gasteiger partial charge in [-0.15, -0.1) is 11.3 Å². The molecule has 3 rings (SSSR count). The lowest BCUT2D eigenvalue weighted by Gasteiger charge is -2.18. The van der Waals surface area contributed by atoms with Crippen LogP contribution >= 0.6 is 11.3 Å². The predicted molar refractivity (Wildman–Crippen MR) is 111 cm³/mol. The van der Waals surface area contributed by atoms with E-state index < -0.39 is 12.0 Å². The molecule has 3 aromatic rings. The third kappa shape index (κ3) is 6.15. The lowest BCUT2D eigenvalue weighted by molar-refractivity contribution is -0.145. The molecule has 1 atom stereocenters. The fourth-order valence-corrected chi connectivity index (χ4v) is 3.26. The molecule has 6 nitrogen and oxygen atoms in total. The Labute approximate surface area is 173 Å². The van der Waals surface area contributed by atoms with Gasteiger partial charge in [0.15, 0.2) is 0 Å². The van der Waals surface area contributed by atoms with Crippen LogP contribution in [0.2, 0.25) is 0 Å². The molecule has 2 aromatic carbocycles. The van der Waals surface area contributed by atoms with Crippen molar-refractivity contribution in [1.82, 2.24) is 10.3 Å². The molecule has 1 N–H and O–H groups in total. The van der Waals surface area contributed by atoms with Gasteiger partial charge in [0.1, 0.15) is 18.4 Å². The molecule has 0 aliphatic rings. The molecule has 0 aliphatic carbocycles. The zero-order chi connectivity index (χ0) is 20.5. The summed E-state index contributed by atoms with van der Waals surface area (Å²) in [7, 11) is 0. The van der Waals surface area contributed by atoms with Crippen molar-refractivity contribution in [3.8, 4) is 5.75 Å². The summed E-state index contributed by atoms with van der Waals surface area (Å²) in [6.45, 7) is 2.32. The van der Waals surface area contributed by atoms with Crippen molar-refractivity contribution >= 4 is 23.2 Å². The van der Waals surface area contributed by atoms with Crippen LogP contribution in [-0.2, 0) is 22.6 Å². The summed E-state index contributed by atoms with van der Waals surface area (Å²) < 4.78 is 10.8. The van der Waals surface area contributed by atoms with E-state index in [1.165, 1.54) is 11.3 Å². The van der Waals surface area contributed by atoms with E-state index in [4.69, 9.17) is 9.47 Å². The Bertz CT molecular complexity index is 929. The minimum absolute atomic E-state index is 0.250. The fraction of sp³-hybridized carbons (Fsp3) is 0.227. The smallest absolute Gasteiger partial charge is 0.328 e. The number of thiazole rings is 1.